The van der Waals surface area contributed by atoms with E-state index in [1.165, 1.54) is 17.7 Å². The van der Waals surface area contributed by atoms with Gasteiger partial charge in [0, 0.05) is 10.6 Å². The van der Waals surface area contributed by atoms with Crippen LogP contribution in [0.3, 0.4) is 0 Å². The Hall–Kier alpha value is -0.890. The summed E-state index contributed by atoms with van der Waals surface area (Å²) in [7, 11) is 1.70. The molecule has 1 nitrogen and oxygen atoms in total. The minimum absolute atomic E-state index is 0.927. The predicted molar refractivity (Wildman–Crippen MR) is 65.7 cm³/mol. The van der Waals surface area contributed by atoms with E-state index in [9.17, 15) is 0 Å². The molecule has 1 aromatic rings. The first kappa shape index (κ1) is 10.6. The minimum Gasteiger partial charge on any atom is -0.497 e. The second-order valence-corrected chi connectivity index (χ2v) is 4.90. The number of thioether (sulfide) groups is 1. The molecule has 1 saturated carbocycles. The van der Waals surface area contributed by atoms with Crippen molar-refractivity contribution in [3.63, 3.8) is 0 Å². The van der Waals surface area contributed by atoms with Crippen LogP contribution in [0.4, 0.5) is 0 Å². The highest BCUT2D eigenvalue weighted by molar-refractivity contribution is 7.99. The fourth-order valence-corrected chi connectivity index (χ4v) is 2.37. The highest BCUT2D eigenvalue weighted by Gasteiger charge is 2.14. The quantitative estimate of drug-likeness (QED) is 0.562. The van der Waals surface area contributed by atoms with Crippen LogP contribution >= 0.6 is 11.8 Å². The Bertz CT molecular complexity index is 359. The second-order valence-electron chi connectivity index (χ2n) is 3.85. The Morgan fingerprint density at radius 3 is 2.47 bits per heavy atom. The lowest BCUT2D eigenvalue weighted by Gasteiger charge is -2.03. The molecule has 0 unspecified atom stereocenters. The van der Waals surface area contributed by atoms with E-state index in [1.54, 1.807) is 18.3 Å². The van der Waals surface area contributed by atoms with Gasteiger partial charge in [-0.25, -0.2) is 0 Å². The van der Waals surface area contributed by atoms with Crippen LogP contribution in [0.15, 0.2) is 40.3 Å². The van der Waals surface area contributed by atoms with Crippen LogP contribution in [-0.4, -0.2) is 12.9 Å². The monoisotopic (exact) mass is 220 g/mol. The van der Waals surface area contributed by atoms with Crippen LogP contribution in [0.1, 0.15) is 19.8 Å². The Labute approximate surface area is 95.5 Å². The fourth-order valence-electron chi connectivity index (χ4n) is 1.45. The molecule has 0 saturated heterocycles. The highest BCUT2D eigenvalue weighted by atomic mass is 32.2. The first-order valence-electron chi connectivity index (χ1n) is 5.24. The van der Waals surface area contributed by atoms with Crippen LogP contribution in [0.2, 0.25) is 0 Å². The number of rotatable bonds is 4. The van der Waals surface area contributed by atoms with E-state index in [2.05, 4.69) is 19.1 Å². The maximum Gasteiger partial charge on any atom is 0.118 e. The molecule has 0 radical (unpaired) electrons. The topological polar surface area (TPSA) is 9.23 Å². The lowest BCUT2D eigenvalue weighted by Crippen LogP contribution is -1.84. The van der Waals surface area contributed by atoms with Crippen molar-refractivity contribution in [3.8, 4) is 5.75 Å². The average molecular weight is 220 g/mol. The molecule has 0 aromatic heterocycles. The van der Waals surface area contributed by atoms with E-state index in [0.29, 0.717) is 0 Å². The van der Waals surface area contributed by atoms with Crippen LogP contribution < -0.4 is 4.74 Å². The van der Waals surface area contributed by atoms with Crippen LogP contribution in [-0.2, 0) is 0 Å². The van der Waals surface area contributed by atoms with Crippen molar-refractivity contribution in [2.24, 2.45) is 0 Å². The molecule has 0 heterocycles. The summed E-state index contributed by atoms with van der Waals surface area (Å²) in [4.78, 5) is 1.32. The van der Waals surface area contributed by atoms with Crippen molar-refractivity contribution in [3.05, 3.63) is 35.4 Å². The van der Waals surface area contributed by atoms with E-state index in [1.807, 2.05) is 23.9 Å². The summed E-state index contributed by atoms with van der Waals surface area (Å²) in [6.07, 6.45) is 2.66. The van der Waals surface area contributed by atoms with Gasteiger partial charge >= 0.3 is 0 Å². The Kier molecular flexibility index (Phi) is 3.37. The van der Waals surface area contributed by atoms with Gasteiger partial charge in [0.2, 0.25) is 0 Å². The minimum atomic E-state index is 0.927. The van der Waals surface area contributed by atoms with Gasteiger partial charge in [-0.2, -0.15) is 0 Å². The molecular formula is C13H16OS. The molecule has 0 bridgehead atoms. The molecule has 15 heavy (non-hydrogen) atoms. The number of benzene rings is 1. The van der Waals surface area contributed by atoms with Crippen LogP contribution in [0.5, 0.6) is 5.75 Å². The zero-order valence-corrected chi connectivity index (χ0v) is 10.1. The molecule has 0 aliphatic heterocycles. The number of methoxy groups -OCH3 is 1. The molecule has 0 N–H and O–H groups in total. The van der Waals surface area contributed by atoms with Gasteiger partial charge in [0.15, 0.2) is 0 Å². The molecule has 1 aliphatic rings. The summed E-state index contributed by atoms with van der Waals surface area (Å²) in [5.41, 5.74) is 3.23. The molecule has 1 aliphatic carbocycles. The Balaban J connectivity index is 1.90. The van der Waals surface area contributed by atoms with E-state index >= 15 is 0 Å². The Morgan fingerprint density at radius 2 is 1.93 bits per heavy atom. The normalized spacial score (nSPS) is 13.9. The molecule has 0 spiro atoms. The number of ether oxygens (including phenoxy) is 1. The predicted octanol–water partition coefficient (Wildman–Crippen LogP) is 3.90. The highest BCUT2D eigenvalue weighted by Crippen LogP contribution is 2.34. The van der Waals surface area contributed by atoms with Crippen molar-refractivity contribution >= 4 is 11.8 Å². The summed E-state index contributed by atoms with van der Waals surface area (Å²) in [6.45, 7) is 2.25. The van der Waals surface area contributed by atoms with Crippen molar-refractivity contribution in [2.45, 2.75) is 24.7 Å². The van der Waals surface area contributed by atoms with Gasteiger partial charge in [0.1, 0.15) is 5.75 Å². The van der Waals surface area contributed by atoms with Crippen molar-refractivity contribution in [2.75, 3.05) is 12.9 Å². The van der Waals surface area contributed by atoms with Gasteiger partial charge in [-0.3, -0.25) is 0 Å². The van der Waals surface area contributed by atoms with Gasteiger partial charge in [-0.1, -0.05) is 11.1 Å². The van der Waals surface area contributed by atoms with Crippen molar-refractivity contribution < 1.29 is 4.74 Å². The summed E-state index contributed by atoms with van der Waals surface area (Å²) >= 11 is 1.90. The number of allylic oxidation sites excluding steroid dienone is 1. The standard InChI is InChI=1S/C13H16OS/c1-10(11-3-4-11)9-15-13-7-5-12(14-2)6-8-13/h5-8H,3-4,9H2,1-2H3. The van der Waals surface area contributed by atoms with Gasteiger partial charge in [0.25, 0.3) is 0 Å². The Morgan fingerprint density at radius 1 is 1.27 bits per heavy atom. The molecule has 0 amide bonds. The summed E-state index contributed by atoms with van der Waals surface area (Å²) in [5.74, 6) is 2.05. The lowest BCUT2D eigenvalue weighted by molar-refractivity contribution is 0.414. The van der Waals surface area contributed by atoms with E-state index in [0.717, 1.165) is 11.5 Å². The zero-order valence-electron chi connectivity index (χ0n) is 9.25. The zero-order chi connectivity index (χ0) is 10.7. The van der Waals surface area contributed by atoms with E-state index in [4.69, 9.17) is 4.74 Å². The first-order valence-corrected chi connectivity index (χ1v) is 6.22. The third-order valence-electron chi connectivity index (χ3n) is 2.62. The molecule has 1 fully saturated rings. The molecule has 1 aromatic carbocycles. The maximum absolute atomic E-state index is 5.12. The van der Waals surface area contributed by atoms with Crippen molar-refractivity contribution in [1.29, 1.82) is 0 Å². The van der Waals surface area contributed by atoms with Crippen LogP contribution in [0, 0.1) is 0 Å². The smallest absolute Gasteiger partial charge is 0.118 e. The number of hydrogen-bond donors (Lipinski definition) is 0. The summed E-state index contributed by atoms with van der Waals surface area (Å²) in [6, 6.07) is 8.27. The van der Waals surface area contributed by atoms with Crippen LogP contribution in [0.25, 0.3) is 0 Å². The molecule has 80 valence electrons. The second kappa shape index (κ2) is 4.75. The molecule has 0 atom stereocenters. The molecule has 2 rings (SSSR count). The number of hydrogen-bond acceptors (Lipinski definition) is 2. The van der Waals surface area contributed by atoms with Gasteiger partial charge < -0.3 is 4.74 Å². The average Bonchev–Trinajstić information content (AvgIpc) is 3.10. The van der Waals surface area contributed by atoms with Gasteiger partial charge in [0.05, 0.1) is 7.11 Å². The van der Waals surface area contributed by atoms with Gasteiger partial charge in [-0.15, -0.1) is 11.8 Å². The molecular weight excluding hydrogens is 204 g/mol. The van der Waals surface area contributed by atoms with Crippen molar-refractivity contribution in [1.82, 2.24) is 0 Å². The summed E-state index contributed by atoms with van der Waals surface area (Å²) < 4.78 is 5.12. The third-order valence-corrected chi connectivity index (χ3v) is 3.80. The maximum atomic E-state index is 5.12. The fraction of sp³-hybridized carbons (Fsp3) is 0.385. The lowest BCUT2D eigenvalue weighted by atomic mass is 10.3. The first-order chi connectivity index (χ1) is 7.29. The SMILES string of the molecule is COc1ccc(SCC(C)=C2CC2)cc1. The van der Waals surface area contributed by atoms with E-state index in [-0.39, 0.29) is 0 Å². The largest absolute Gasteiger partial charge is 0.497 e. The third kappa shape index (κ3) is 3.03. The summed E-state index contributed by atoms with van der Waals surface area (Å²) in [5, 5.41) is 0. The van der Waals surface area contributed by atoms with Gasteiger partial charge in [-0.05, 0) is 44.0 Å². The molecule has 2 heteroatoms. The van der Waals surface area contributed by atoms with E-state index < -0.39 is 0 Å².